The van der Waals surface area contributed by atoms with E-state index in [1.54, 1.807) is 42.1 Å². The van der Waals surface area contributed by atoms with Gasteiger partial charge < -0.3 is 19.4 Å². The van der Waals surface area contributed by atoms with Crippen LogP contribution in [0.5, 0.6) is 5.75 Å². The Morgan fingerprint density at radius 1 is 1.06 bits per heavy atom. The second-order valence-corrected chi connectivity index (χ2v) is 9.41. The zero-order valence-corrected chi connectivity index (χ0v) is 21.4. The molecule has 2 aromatic heterocycles. The number of pyridine rings is 2. The second-order valence-electron chi connectivity index (χ2n) is 8.60. The number of rotatable bonds is 7. The van der Waals surface area contributed by atoms with Crippen LogP contribution in [0.2, 0.25) is 10.0 Å². The Morgan fingerprint density at radius 3 is 2.50 bits per heavy atom. The van der Waals surface area contributed by atoms with Gasteiger partial charge in [-0.1, -0.05) is 29.3 Å². The number of benzene rings is 2. The summed E-state index contributed by atoms with van der Waals surface area (Å²) in [5, 5.41) is 4.96. The first-order valence-electron chi connectivity index (χ1n) is 11.7. The first-order chi connectivity index (χ1) is 17.5. The van der Waals surface area contributed by atoms with Crippen molar-refractivity contribution in [1.29, 1.82) is 0 Å². The number of hydrogen-bond donors (Lipinski definition) is 1. The maximum absolute atomic E-state index is 13.2. The van der Waals surface area contributed by atoms with Crippen molar-refractivity contribution in [3.05, 3.63) is 81.2 Å². The highest BCUT2D eigenvalue weighted by Gasteiger charge is 2.16. The van der Waals surface area contributed by atoms with Gasteiger partial charge in [-0.2, -0.15) is 0 Å². The zero-order chi connectivity index (χ0) is 25.1. The summed E-state index contributed by atoms with van der Waals surface area (Å²) in [6.45, 7) is 4.99. The normalized spacial score (nSPS) is 14.2. The Kier molecular flexibility index (Phi) is 7.43. The largest absolute Gasteiger partial charge is 0.492 e. The van der Waals surface area contributed by atoms with Gasteiger partial charge in [0.2, 0.25) is 0 Å². The van der Waals surface area contributed by atoms with Crippen LogP contribution in [0.1, 0.15) is 0 Å². The van der Waals surface area contributed by atoms with Crippen molar-refractivity contribution in [2.45, 2.75) is 0 Å². The third kappa shape index (κ3) is 5.34. The first-order valence-corrected chi connectivity index (χ1v) is 12.5. The van der Waals surface area contributed by atoms with Crippen LogP contribution in [0.4, 0.5) is 11.5 Å². The lowest BCUT2D eigenvalue weighted by atomic mass is 10.1. The molecule has 7 nitrogen and oxygen atoms in total. The monoisotopic (exact) mass is 524 g/mol. The zero-order valence-electron chi connectivity index (χ0n) is 19.8. The fraction of sp³-hybridized carbons (Fsp3) is 0.259. The molecule has 9 heteroatoms. The molecule has 0 spiro atoms. The number of halogens is 2. The molecule has 2 aromatic carbocycles. The summed E-state index contributed by atoms with van der Waals surface area (Å²) in [5.74, 6) is 1.44. The summed E-state index contributed by atoms with van der Waals surface area (Å²) in [7, 11) is 1.73. The van der Waals surface area contributed by atoms with E-state index in [0.717, 1.165) is 55.2 Å². The van der Waals surface area contributed by atoms with Crippen molar-refractivity contribution < 1.29 is 9.47 Å². The molecule has 1 fully saturated rings. The number of nitrogens with zero attached hydrogens (tertiary/aromatic N) is 3. The maximum Gasteiger partial charge on any atom is 0.258 e. The average Bonchev–Trinajstić information content (AvgIpc) is 2.89. The van der Waals surface area contributed by atoms with Gasteiger partial charge in [-0.25, -0.2) is 4.98 Å². The highest BCUT2D eigenvalue weighted by atomic mass is 35.5. The molecular formula is C27H26Cl2N4O3. The molecule has 5 rings (SSSR count). The SMILES string of the molecule is Cn1c(=O)c(-c2c(Cl)cccc2Cl)cc2cnc(Nc3ccc(OCCN4CCOCC4)cc3)cc21. The van der Waals surface area contributed by atoms with Gasteiger partial charge in [0.05, 0.1) is 34.3 Å². The minimum atomic E-state index is -0.187. The number of hydrogen-bond acceptors (Lipinski definition) is 6. The molecule has 36 heavy (non-hydrogen) atoms. The van der Waals surface area contributed by atoms with Crippen LogP contribution >= 0.6 is 23.2 Å². The standard InChI is InChI=1S/C27H26Cl2N4O3/c1-32-24-16-25(30-17-18(24)15-21(27(32)34)26-22(28)3-2-4-23(26)29)31-19-5-7-20(8-6-19)36-14-11-33-9-12-35-13-10-33/h2-8,15-17H,9-14H2,1H3,(H,30,31). The molecule has 0 bridgehead atoms. The lowest BCUT2D eigenvalue weighted by molar-refractivity contribution is 0.0322. The smallest absolute Gasteiger partial charge is 0.258 e. The van der Waals surface area contributed by atoms with Crippen molar-refractivity contribution in [3.63, 3.8) is 0 Å². The molecule has 1 aliphatic heterocycles. The molecule has 186 valence electrons. The number of nitrogens with one attached hydrogen (secondary N) is 1. The number of aryl methyl sites for hydroxylation is 1. The van der Waals surface area contributed by atoms with Gasteiger partial charge in [0.1, 0.15) is 18.2 Å². The molecular weight excluding hydrogens is 499 g/mol. The van der Waals surface area contributed by atoms with Gasteiger partial charge >= 0.3 is 0 Å². The first kappa shape index (κ1) is 24.6. The Bertz CT molecular complexity index is 1410. The molecule has 0 unspecified atom stereocenters. The van der Waals surface area contributed by atoms with Crippen LogP contribution in [0, 0.1) is 0 Å². The van der Waals surface area contributed by atoms with Crippen molar-refractivity contribution in [3.8, 4) is 16.9 Å². The van der Waals surface area contributed by atoms with Crippen molar-refractivity contribution in [2.24, 2.45) is 7.05 Å². The topological polar surface area (TPSA) is 68.6 Å². The third-order valence-electron chi connectivity index (χ3n) is 6.25. The number of aromatic nitrogens is 2. The lowest BCUT2D eigenvalue weighted by Gasteiger charge is -2.26. The maximum atomic E-state index is 13.2. The molecule has 0 amide bonds. The summed E-state index contributed by atoms with van der Waals surface area (Å²) < 4.78 is 12.8. The number of morpholine rings is 1. The van der Waals surface area contributed by atoms with E-state index in [-0.39, 0.29) is 5.56 Å². The van der Waals surface area contributed by atoms with E-state index in [4.69, 9.17) is 32.7 Å². The van der Waals surface area contributed by atoms with E-state index in [0.29, 0.717) is 33.6 Å². The van der Waals surface area contributed by atoms with E-state index >= 15 is 0 Å². The summed E-state index contributed by atoms with van der Waals surface area (Å²) in [4.78, 5) is 20.0. The quantitative estimate of drug-likeness (QED) is 0.350. The predicted molar refractivity (Wildman–Crippen MR) is 145 cm³/mol. The van der Waals surface area contributed by atoms with Crippen LogP contribution in [-0.2, 0) is 11.8 Å². The number of anilines is 2. The fourth-order valence-corrected chi connectivity index (χ4v) is 4.87. The van der Waals surface area contributed by atoms with Crippen LogP contribution in [0.25, 0.3) is 22.0 Å². The van der Waals surface area contributed by atoms with Crippen molar-refractivity contribution in [2.75, 3.05) is 44.8 Å². The Labute approximate surface area is 219 Å². The highest BCUT2D eigenvalue weighted by molar-refractivity contribution is 6.39. The molecule has 0 aliphatic carbocycles. The molecule has 0 atom stereocenters. The molecule has 3 heterocycles. The number of fused-ring (bicyclic) bond motifs is 1. The fourth-order valence-electron chi connectivity index (χ4n) is 4.27. The van der Waals surface area contributed by atoms with E-state index in [2.05, 4.69) is 15.2 Å². The van der Waals surface area contributed by atoms with Gasteiger partial charge in [-0.15, -0.1) is 0 Å². The van der Waals surface area contributed by atoms with Crippen molar-refractivity contribution in [1.82, 2.24) is 14.5 Å². The minimum absolute atomic E-state index is 0.187. The van der Waals surface area contributed by atoms with Crippen molar-refractivity contribution >= 4 is 45.6 Å². The Balaban J connectivity index is 1.30. The molecule has 1 N–H and O–H groups in total. The van der Waals surface area contributed by atoms with E-state index in [1.165, 1.54) is 0 Å². The van der Waals surface area contributed by atoms with Crippen LogP contribution < -0.4 is 15.6 Å². The minimum Gasteiger partial charge on any atom is -0.492 e. The van der Waals surface area contributed by atoms with Crippen LogP contribution in [-0.4, -0.2) is 53.9 Å². The molecule has 0 saturated carbocycles. The van der Waals surface area contributed by atoms with Gasteiger partial charge in [0.25, 0.3) is 5.56 Å². The third-order valence-corrected chi connectivity index (χ3v) is 6.88. The van der Waals surface area contributed by atoms with Crippen LogP contribution in [0.3, 0.4) is 0 Å². The molecule has 4 aromatic rings. The van der Waals surface area contributed by atoms with E-state index < -0.39 is 0 Å². The van der Waals surface area contributed by atoms with E-state index in [1.807, 2.05) is 30.3 Å². The summed E-state index contributed by atoms with van der Waals surface area (Å²) in [5.41, 5.74) is 2.39. The highest BCUT2D eigenvalue weighted by Crippen LogP contribution is 2.34. The average molecular weight is 525 g/mol. The Hall–Kier alpha value is -3.10. The van der Waals surface area contributed by atoms with Gasteiger partial charge in [0.15, 0.2) is 0 Å². The van der Waals surface area contributed by atoms with Gasteiger partial charge in [0, 0.05) is 55.6 Å². The molecule has 1 saturated heterocycles. The predicted octanol–water partition coefficient (Wildman–Crippen LogP) is 5.36. The lowest BCUT2D eigenvalue weighted by Crippen LogP contribution is -2.38. The second kappa shape index (κ2) is 10.9. The van der Waals surface area contributed by atoms with E-state index in [9.17, 15) is 4.79 Å². The summed E-state index contributed by atoms with van der Waals surface area (Å²) in [6.07, 6.45) is 1.73. The molecule has 1 aliphatic rings. The number of ether oxygens (including phenoxy) is 2. The summed E-state index contributed by atoms with van der Waals surface area (Å²) in [6, 6.07) is 16.6. The summed E-state index contributed by atoms with van der Waals surface area (Å²) >= 11 is 12.7. The Morgan fingerprint density at radius 2 is 1.78 bits per heavy atom. The van der Waals surface area contributed by atoms with Gasteiger partial charge in [-0.3, -0.25) is 9.69 Å². The molecule has 0 radical (unpaired) electrons. The van der Waals surface area contributed by atoms with Crippen LogP contribution in [0.15, 0.2) is 65.6 Å². The van der Waals surface area contributed by atoms with Gasteiger partial charge in [-0.05, 0) is 42.5 Å².